The SMILES string of the molecule is CCCN(c1ccc(CN)cc1)S(=O)(=O)CC1CCCO1. The molecule has 21 heavy (non-hydrogen) atoms. The van der Waals surface area contributed by atoms with E-state index in [9.17, 15) is 8.42 Å². The molecule has 0 radical (unpaired) electrons. The van der Waals surface area contributed by atoms with Crippen LogP contribution in [0.5, 0.6) is 0 Å². The van der Waals surface area contributed by atoms with Gasteiger partial charge in [0.15, 0.2) is 0 Å². The number of nitrogens with two attached hydrogens (primary N) is 1. The Kier molecular flexibility index (Phi) is 5.61. The van der Waals surface area contributed by atoms with Crippen molar-refractivity contribution >= 4 is 15.7 Å². The van der Waals surface area contributed by atoms with Gasteiger partial charge in [-0.3, -0.25) is 4.31 Å². The third-order valence-corrected chi connectivity index (χ3v) is 5.50. The molecular weight excluding hydrogens is 288 g/mol. The molecule has 1 unspecified atom stereocenters. The van der Waals surface area contributed by atoms with Gasteiger partial charge in [0.05, 0.1) is 17.5 Å². The van der Waals surface area contributed by atoms with Gasteiger partial charge in [-0.15, -0.1) is 0 Å². The fraction of sp³-hybridized carbons (Fsp3) is 0.600. The lowest BCUT2D eigenvalue weighted by molar-refractivity contribution is 0.127. The standard InChI is InChI=1S/C15H24N2O3S/c1-2-9-17(14-7-5-13(11-16)6-8-14)21(18,19)12-15-4-3-10-20-15/h5-8,15H,2-4,9-12,16H2,1H3. The third kappa shape index (κ3) is 4.18. The quantitative estimate of drug-likeness (QED) is 0.834. The Morgan fingerprint density at radius 3 is 2.57 bits per heavy atom. The Bertz CT molecular complexity index is 537. The van der Waals surface area contributed by atoms with Crippen LogP contribution in [-0.4, -0.2) is 33.4 Å². The molecular formula is C15H24N2O3S. The van der Waals surface area contributed by atoms with Crippen molar-refractivity contribution in [2.45, 2.75) is 38.8 Å². The van der Waals surface area contributed by atoms with Crippen molar-refractivity contribution < 1.29 is 13.2 Å². The zero-order chi connectivity index (χ0) is 15.3. The first-order valence-corrected chi connectivity index (χ1v) is 9.08. The Labute approximate surface area is 127 Å². The van der Waals surface area contributed by atoms with Crippen molar-refractivity contribution in [1.82, 2.24) is 0 Å². The van der Waals surface area contributed by atoms with E-state index in [1.807, 2.05) is 31.2 Å². The summed E-state index contributed by atoms with van der Waals surface area (Å²) < 4.78 is 32.3. The van der Waals surface area contributed by atoms with Crippen LogP contribution >= 0.6 is 0 Å². The van der Waals surface area contributed by atoms with E-state index in [0.717, 1.165) is 24.8 Å². The summed E-state index contributed by atoms with van der Waals surface area (Å²) in [6.45, 7) is 3.58. The van der Waals surface area contributed by atoms with Crippen LogP contribution in [0.4, 0.5) is 5.69 Å². The molecule has 1 fully saturated rings. The lowest BCUT2D eigenvalue weighted by Crippen LogP contribution is -2.37. The normalized spacial score (nSPS) is 18.9. The highest BCUT2D eigenvalue weighted by molar-refractivity contribution is 7.92. The molecule has 1 heterocycles. The van der Waals surface area contributed by atoms with Gasteiger partial charge in [-0.05, 0) is 37.0 Å². The second-order valence-electron chi connectivity index (χ2n) is 5.36. The van der Waals surface area contributed by atoms with E-state index in [-0.39, 0.29) is 11.9 Å². The van der Waals surface area contributed by atoms with E-state index < -0.39 is 10.0 Å². The average Bonchev–Trinajstić information content (AvgIpc) is 2.97. The molecule has 1 aromatic carbocycles. The smallest absolute Gasteiger partial charge is 0.237 e. The first-order chi connectivity index (χ1) is 10.1. The van der Waals surface area contributed by atoms with Gasteiger partial charge in [0.25, 0.3) is 0 Å². The van der Waals surface area contributed by atoms with E-state index >= 15 is 0 Å². The molecule has 0 aliphatic carbocycles. The zero-order valence-corrected chi connectivity index (χ0v) is 13.3. The number of nitrogens with zero attached hydrogens (tertiary/aromatic N) is 1. The fourth-order valence-electron chi connectivity index (χ4n) is 2.53. The molecule has 0 saturated carbocycles. The van der Waals surface area contributed by atoms with Crippen LogP contribution in [0.3, 0.4) is 0 Å². The Balaban J connectivity index is 2.19. The van der Waals surface area contributed by atoms with Crippen LogP contribution in [0, 0.1) is 0 Å². The van der Waals surface area contributed by atoms with Crippen molar-refractivity contribution in [1.29, 1.82) is 0 Å². The van der Waals surface area contributed by atoms with Gasteiger partial charge in [0.2, 0.25) is 10.0 Å². The number of benzene rings is 1. The maximum atomic E-state index is 12.7. The first kappa shape index (κ1) is 16.3. The van der Waals surface area contributed by atoms with Gasteiger partial charge in [-0.2, -0.15) is 0 Å². The number of ether oxygens (including phenoxy) is 1. The Morgan fingerprint density at radius 2 is 2.05 bits per heavy atom. The molecule has 2 N–H and O–H groups in total. The molecule has 0 aromatic heterocycles. The molecule has 5 nitrogen and oxygen atoms in total. The number of rotatable bonds is 7. The number of anilines is 1. The lowest BCUT2D eigenvalue weighted by Gasteiger charge is -2.25. The number of sulfonamides is 1. The first-order valence-electron chi connectivity index (χ1n) is 7.48. The van der Waals surface area contributed by atoms with Crippen LogP contribution < -0.4 is 10.0 Å². The molecule has 1 aliphatic heterocycles. The van der Waals surface area contributed by atoms with Gasteiger partial charge in [0.1, 0.15) is 0 Å². The Morgan fingerprint density at radius 1 is 1.33 bits per heavy atom. The van der Waals surface area contributed by atoms with Gasteiger partial charge in [0, 0.05) is 19.7 Å². The van der Waals surface area contributed by atoms with Crippen molar-refractivity contribution in [3.63, 3.8) is 0 Å². The molecule has 0 spiro atoms. The second kappa shape index (κ2) is 7.24. The maximum absolute atomic E-state index is 12.7. The highest BCUT2D eigenvalue weighted by Crippen LogP contribution is 2.22. The van der Waals surface area contributed by atoms with Crippen molar-refractivity contribution in [3.8, 4) is 0 Å². The predicted octanol–water partition coefficient (Wildman–Crippen LogP) is 1.87. The lowest BCUT2D eigenvalue weighted by atomic mass is 10.2. The second-order valence-corrected chi connectivity index (χ2v) is 7.29. The highest BCUT2D eigenvalue weighted by atomic mass is 32.2. The fourth-order valence-corrected chi connectivity index (χ4v) is 4.35. The molecule has 0 amide bonds. The summed E-state index contributed by atoms with van der Waals surface area (Å²) in [6.07, 6.45) is 2.37. The van der Waals surface area contributed by atoms with Crippen molar-refractivity contribution in [3.05, 3.63) is 29.8 Å². The van der Waals surface area contributed by atoms with Crippen LogP contribution in [0.1, 0.15) is 31.7 Å². The molecule has 6 heteroatoms. The summed E-state index contributed by atoms with van der Waals surface area (Å²) >= 11 is 0. The van der Waals surface area contributed by atoms with Crippen LogP contribution in [0.15, 0.2) is 24.3 Å². The van der Waals surface area contributed by atoms with Crippen molar-refractivity contribution in [2.75, 3.05) is 23.2 Å². The minimum absolute atomic E-state index is 0.0612. The predicted molar refractivity (Wildman–Crippen MR) is 84.7 cm³/mol. The van der Waals surface area contributed by atoms with Crippen molar-refractivity contribution in [2.24, 2.45) is 5.73 Å². The summed E-state index contributed by atoms with van der Waals surface area (Å²) in [6, 6.07) is 7.40. The minimum Gasteiger partial charge on any atom is -0.377 e. The van der Waals surface area contributed by atoms with E-state index in [0.29, 0.717) is 25.4 Å². The van der Waals surface area contributed by atoms with Crippen LogP contribution in [0.25, 0.3) is 0 Å². The summed E-state index contributed by atoms with van der Waals surface area (Å²) in [5.74, 6) is 0.0612. The molecule has 2 rings (SSSR count). The van der Waals surface area contributed by atoms with Gasteiger partial charge < -0.3 is 10.5 Å². The number of hydrogen-bond acceptors (Lipinski definition) is 4. The summed E-state index contributed by atoms with van der Waals surface area (Å²) in [5, 5.41) is 0. The third-order valence-electron chi connectivity index (χ3n) is 3.64. The maximum Gasteiger partial charge on any atom is 0.237 e. The Hall–Kier alpha value is -1.11. The highest BCUT2D eigenvalue weighted by Gasteiger charge is 2.28. The summed E-state index contributed by atoms with van der Waals surface area (Å²) in [7, 11) is -3.36. The molecule has 1 atom stereocenters. The molecule has 1 aromatic rings. The zero-order valence-electron chi connectivity index (χ0n) is 12.5. The number of hydrogen-bond donors (Lipinski definition) is 1. The minimum atomic E-state index is -3.36. The van der Waals surface area contributed by atoms with Gasteiger partial charge in [-0.1, -0.05) is 19.1 Å². The molecule has 118 valence electrons. The van der Waals surface area contributed by atoms with E-state index in [1.165, 1.54) is 4.31 Å². The summed E-state index contributed by atoms with van der Waals surface area (Å²) in [4.78, 5) is 0. The van der Waals surface area contributed by atoms with Crippen LogP contribution in [-0.2, 0) is 21.3 Å². The monoisotopic (exact) mass is 312 g/mol. The topological polar surface area (TPSA) is 72.6 Å². The molecule has 1 saturated heterocycles. The van der Waals surface area contributed by atoms with E-state index in [4.69, 9.17) is 10.5 Å². The largest absolute Gasteiger partial charge is 0.377 e. The summed E-state index contributed by atoms with van der Waals surface area (Å²) in [5.41, 5.74) is 7.27. The van der Waals surface area contributed by atoms with Crippen LogP contribution in [0.2, 0.25) is 0 Å². The van der Waals surface area contributed by atoms with E-state index in [1.54, 1.807) is 0 Å². The van der Waals surface area contributed by atoms with E-state index in [2.05, 4.69) is 0 Å². The van der Waals surface area contributed by atoms with Gasteiger partial charge >= 0.3 is 0 Å². The molecule has 1 aliphatic rings. The van der Waals surface area contributed by atoms with Gasteiger partial charge in [-0.25, -0.2) is 8.42 Å². The molecule has 0 bridgehead atoms. The average molecular weight is 312 g/mol.